The summed E-state index contributed by atoms with van der Waals surface area (Å²) in [6, 6.07) is 0.828. The average molecular weight is 536 g/mol. The SMILES string of the molecule is CN[C@@H]1C=C[C@@](C(=O)O)(C(C)C)C1.CN[C@@H]1C=C[C@@](C(=O)OC)(C(C)C)C1.CN[C@@H]1C=C[C@H](C(=O)OC)C1. The van der Waals surface area contributed by atoms with Gasteiger partial charge in [-0.1, -0.05) is 64.2 Å². The summed E-state index contributed by atoms with van der Waals surface area (Å²) >= 11 is 0. The monoisotopic (exact) mass is 535 g/mol. The third-order valence-corrected chi connectivity index (χ3v) is 8.09. The van der Waals surface area contributed by atoms with Crippen molar-refractivity contribution in [1.82, 2.24) is 16.0 Å². The molecule has 0 saturated heterocycles. The van der Waals surface area contributed by atoms with Crippen molar-refractivity contribution in [2.45, 2.75) is 65.1 Å². The van der Waals surface area contributed by atoms with Crippen LogP contribution in [0.4, 0.5) is 0 Å². The predicted octanol–water partition coefficient (Wildman–Crippen LogP) is 2.93. The molecule has 0 radical (unpaired) electrons. The molecular formula is C29H49N3O6. The molecule has 0 fully saturated rings. The third kappa shape index (κ3) is 8.01. The van der Waals surface area contributed by atoms with Crippen LogP contribution in [0.1, 0.15) is 47.0 Å². The minimum Gasteiger partial charge on any atom is -0.481 e. The molecule has 0 aromatic carbocycles. The van der Waals surface area contributed by atoms with Gasteiger partial charge >= 0.3 is 17.9 Å². The van der Waals surface area contributed by atoms with Crippen molar-refractivity contribution in [3.63, 3.8) is 0 Å². The van der Waals surface area contributed by atoms with Gasteiger partial charge in [-0.2, -0.15) is 0 Å². The zero-order valence-electron chi connectivity index (χ0n) is 24.5. The van der Waals surface area contributed by atoms with Crippen molar-refractivity contribution < 1.29 is 29.0 Å². The molecule has 9 nitrogen and oxygen atoms in total. The lowest BCUT2D eigenvalue weighted by Gasteiger charge is -2.29. The minimum atomic E-state index is -0.712. The van der Waals surface area contributed by atoms with E-state index >= 15 is 0 Å². The number of ether oxygens (including phenoxy) is 2. The number of methoxy groups -OCH3 is 2. The van der Waals surface area contributed by atoms with Gasteiger partial charge in [-0.15, -0.1) is 0 Å². The molecule has 0 unspecified atom stereocenters. The summed E-state index contributed by atoms with van der Waals surface area (Å²) in [5.41, 5.74) is -1.09. The Bertz CT molecular complexity index is 884. The van der Waals surface area contributed by atoms with E-state index in [-0.39, 0.29) is 41.8 Å². The molecule has 0 aliphatic heterocycles. The Morgan fingerprint density at radius 3 is 1.55 bits per heavy atom. The van der Waals surface area contributed by atoms with E-state index < -0.39 is 16.8 Å². The summed E-state index contributed by atoms with van der Waals surface area (Å²) in [6.45, 7) is 8.02. The molecule has 0 bridgehead atoms. The Kier molecular flexibility index (Phi) is 13.4. The van der Waals surface area contributed by atoms with Crippen LogP contribution in [0, 0.1) is 28.6 Å². The van der Waals surface area contributed by atoms with Crippen LogP contribution in [0.3, 0.4) is 0 Å². The number of likely N-dealkylation sites (N-methyl/N-ethyl adjacent to an activating group) is 3. The second-order valence-electron chi connectivity index (χ2n) is 10.7. The van der Waals surface area contributed by atoms with Crippen LogP contribution in [0.15, 0.2) is 36.5 Å². The highest BCUT2D eigenvalue weighted by molar-refractivity contribution is 5.80. The Morgan fingerprint density at radius 1 is 0.763 bits per heavy atom. The van der Waals surface area contributed by atoms with E-state index in [0.29, 0.717) is 12.5 Å². The van der Waals surface area contributed by atoms with Crippen LogP contribution in [0.25, 0.3) is 0 Å². The van der Waals surface area contributed by atoms with Crippen molar-refractivity contribution >= 4 is 17.9 Å². The molecule has 3 aliphatic rings. The first-order valence-corrected chi connectivity index (χ1v) is 13.4. The van der Waals surface area contributed by atoms with Gasteiger partial charge in [0.05, 0.1) is 31.0 Å². The lowest BCUT2D eigenvalue weighted by molar-refractivity contribution is -0.152. The fraction of sp³-hybridized carbons (Fsp3) is 0.690. The maximum Gasteiger partial charge on any atom is 0.315 e. The molecule has 216 valence electrons. The summed E-state index contributed by atoms with van der Waals surface area (Å²) in [7, 11) is 8.51. The molecule has 3 aliphatic carbocycles. The molecule has 0 aromatic heterocycles. The summed E-state index contributed by atoms with van der Waals surface area (Å²) in [5.74, 6) is -0.612. The van der Waals surface area contributed by atoms with E-state index in [1.807, 2.05) is 65.4 Å². The lowest BCUT2D eigenvalue weighted by atomic mass is 9.76. The van der Waals surface area contributed by atoms with Crippen LogP contribution < -0.4 is 16.0 Å². The number of nitrogens with one attached hydrogen (secondary N) is 3. The van der Waals surface area contributed by atoms with Gasteiger partial charge in [0.15, 0.2) is 0 Å². The van der Waals surface area contributed by atoms with Gasteiger partial charge < -0.3 is 30.5 Å². The van der Waals surface area contributed by atoms with Crippen LogP contribution in [0.2, 0.25) is 0 Å². The summed E-state index contributed by atoms with van der Waals surface area (Å²) < 4.78 is 9.48. The molecule has 38 heavy (non-hydrogen) atoms. The Labute approximate surface area is 228 Å². The van der Waals surface area contributed by atoms with Crippen LogP contribution in [0.5, 0.6) is 0 Å². The molecule has 6 atom stereocenters. The van der Waals surface area contributed by atoms with Gasteiger partial charge in [-0.3, -0.25) is 14.4 Å². The first kappa shape index (κ1) is 33.5. The third-order valence-electron chi connectivity index (χ3n) is 8.09. The zero-order chi connectivity index (χ0) is 29.1. The number of carbonyl (C=O) groups excluding carboxylic acids is 2. The van der Waals surface area contributed by atoms with Gasteiger partial charge in [-0.25, -0.2) is 0 Å². The quantitative estimate of drug-likeness (QED) is 0.274. The topological polar surface area (TPSA) is 126 Å². The van der Waals surface area contributed by atoms with E-state index in [0.717, 1.165) is 12.8 Å². The highest BCUT2D eigenvalue weighted by Gasteiger charge is 2.45. The lowest BCUT2D eigenvalue weighted by Crippen LogP contribution is -2.37. The Hall–Kier alpha value is -2.49. The number of carboxylic acids is 1. The molecule has 0 spiro atoms. The van der Waals surface area contributed by atoms with E-state index in [1.54, 1.807) is 0 Å². The van der Waals surface area contributed by atoms with Crippen molar-refractivity contribution in [1.29, 1.82) is 0 Å². The molecule has 9 heteroatoms. The molecule has 0 heterocycles. The van der Waals surface area contributed by atoms with Crippen LogP contribution in [-0.4, -0.2) is 76.5 Å². The van der Waals surface area contributed by atoms with Crippen molar-refractivity contribution in [3.8, 4) is 0 Å². The number of carboxylic acid groups (broad SMARTS) is 1. The van der Waals surface area contributed by atoms with Crippen molar-refractivity contribution in [2.24, 2.45) is 28.6 Å². The number of hydrogen-bond acceptors (Lipinski definition) is 8. The molecule has 0 amide bonds. The van der Waals surface area contributed by atoms with Gasteiger partial charge in [-0.05, 0) is 52.2 Å². The molecular weight excluding hydrogens is 486 g/mol. The highest BCUT2D eigenvalue weighted by Crippen LogP contribution is 2.41. The van der Waals surface area contributed by atoms with Gasteiger partial charge in [0, 0.05) is 18.1 Å². The van der Waals surface area contributed by atoms with Gasteiger partial charge in [0.1, 0.15) is 0 Å². The Balaban J connectivity index is 0.000000287. The summed E-state index contributed by atoms with van der Waals surface area (Å²) in [5, 5.41) is 18.5. The normalized spacial score (nSPS) is 31.0. The van der Waals surface area contributed by atoms with E-state index in [2.05, 4.69) is 40.6 Å². The van der Waals surface area contributed by atoms with Gasteiger partial charge in [0.25, 0.3) is 0 Å². The first-order valence-electron chi connectivity index (χ1n) is 13.4. The number of aliphatic carboxylic acids is 1. The summed E-state index contributed by atoms with van der Waals surface area (Å²) in [4.78, 5) is 33.9. The smallest absolute Gasteiger partial charge is 0.315 e. The molecule has 0 saturated carbocycles. The minimum absolute atomic E-state index is 0.0440. The van der Waals surface area contributed by atoms with E-state index in [1.165, 1.54) is 14.2 Å². The van der Waals surface area contributed by atoms with Crippen LogP contribution in [-0.2, 0) is 23.9 Å². The van der Waals surface area contributed by atoms with E-state index in [4.69, 9.17) is 9.84 Å². The van der Waals surface area contributed by atoms with Gasteiger partial charge in [0.2, 0.25) is 0 Å². The van der Waals surface area contributed by atoms with Crippen molar-refractivity contribution in [2.75, 3.05) is 35.4 Å². The molecule has 0 aromatic rings. The first-order chi connectivity index (χ1) is 17.9. The number of carbonyl (C=O) groups is 3. The van der Waals surface area contributed by atoms with Crippen LogP contribution >= 0.6 is 0 Å². The maximum absolute atomic E-state index is 11.7. The fourth-order valence-electron chi connectivity index (χ4n) is 5.05. The maximum atomic E-state index is 11.7. The average Bonchev–Trinajstić information content (AvgIpc) is 3.66. The largest absolute Gasteiger partial charge is 0.481 e. The van der Waals surface area contributed by atoms with E-state index in [9.17, 15) is 14.4 Å². The standard InChI is InChI=1S/C11H19NO2.C10H17NO2.C8H13NO2/c1-8(2)11(10(13)14-4)6-5-9(7-11)12-3;1-7(2)10(9(12)13)5-4-8(6-10)11-3;1-9-7-4-3-6(5-7)8(10)11-2/h5-6,8-9,12H,7H2,1-4H3;4-5,7-8,11H,6H2,1-3H3,(H,12,13);3-4,6-7,9H,5H2,1-2H3/t9-,11+;8-,10+;6-,7+/m110/s1. The molecule has 4 N–H and O–H groups in total. The predicted molar refractivity (Wildman–Crippen MR) is 150 cm³/mol. The fourth-order valence-corrected chi connectivity index (χ4v) is 5.05. The summed E-state index contributed by atoms with van der Waals surface area (Å²) in [6.07, 6.45) is 14.0. The van der Waals surface area contributed by atoms with Crippen molar-refractivity contribution in [3.05, 3.63) is 36.5 Å². The second-order valence-corrected chi connectivity index (χ2v) is 10.7. The Morgan fingerprint density at radius 2 is 1.24 bits per heavy atom. The zero-order valence-corrected chi connectivity index (χ0v) is 24.5. The number of rotatable bonds is 8. The number of esters is 2. The molecule has 3 rings (SSSR count). The second kappa shape index (κ2) is 15.2. The number of hydrogen-bond donors (Lipinski definition) is 4. The highest BCUT2D eigenvalue weighted by atomic mass is 16.5.